The van der Waals surface area contributed by atoms with Gasteiger partial charge >= 0.3 is 0 Å². The molecule has 2 aromatic carbocycles. The van der Waals surface area contributed by atoms with Crippen molar-refractivity contribution in [3.05, 3.63) is 156 Å². The maximum Gasteiger partial charge on any atom is 0.215 e. The van der Waals surface area contributed by atoms with Crippen molar-refractivity contribution >= 4 is 40.1 Å². The Balaban J connectivity index is 0.000000280. The largest absolute Gasteiger partial charge is 0.497 e. The van der Waals surface area contributed by atoms with E-state index in [2.05, 4.69) is 49.3 Å². The minimum Gasteiger partial charge on any atom is -0.497 e. The maximum atomic E-state index is 12.8. The van der Waals surface area contributed by atoms with E-state index in [-0.39, 0.29) is 50.4 Å². The van der Waals surface area contributed by atoms with Crippen LogP contribution in [0.4, 0.5) is 17.6 Å². The van der Waals surface area contributed by atoms with E-state index in [0.29, 0.717) is 48.8 Å². The molecule has 4 atom stereocenters. The van der Waals surface area contributed by atoms with E-state index in [1.165, 1.54) is 0 Å². The van der Waals surface area contributed by atoms with Crippen LogP contribution in [0.15, 0.2) is 98.1 Å². The Kier molecular flexibility index (Phi) is 27.0. The summed E-state index contributed by atoms with van der Waals surface area (Å²) in [6.07, 6.45) is 10.2. The molecule has 0 unspecified atom stereocenters. The van der Waals surface area contributed by atoms with Crippen LogP contribution in [0.3, 0.4) is 0 Å². The Morgan fingerprint density at radius 3 is 0.821 bits per heavy atom. The number of sulfonamides is 4. The summed E-state index contributed by atoms with van der Waals surface area (Å²) in [7, 11) is -11.2. The molecule has 6 aromatic rings. The van der Waals surface area contributed by atoms with Crippen molar-refractivity contribution in [2.45, 2.75) is 113 Å². The predicted molar refractivity (Wildman–Crippen MR) is 283 cm³/mol. The van der Waals surface area contributed by atoms with E-state index in [9.17, 15) is 51.2 Å². The van der Waals surface area contributed by atoms with E-state index in [4.69, 9.17) is 19.8 Å². The van der Waals surface area contributed by atoms with Gasteiger partial charge in [0.25, 0.3) is 0 Å². The fraction of sp³-hybridized carbons (Fsp3) is 0.417. The van der Waals surface area contributed by atoms with Gasteiger partial charge in [-0.3, -0.25) is 0 Å². The lowest BCUT2D eigenvalue weighted by molar-refractivity contribution is 0.414. The molecule has 4 aromatic heterocycles. The minimum absolute atomic E-state index is 0.107. The van der Waals surface area contributed by atoms with Crippen LogP contribution in [0.1, 0.15) is 87.8 Å². The number of methoxy groups -OCH3 is 2. The minimum atomic E-state index is -3.60. The molecule has 22 nitrogen and oxygen atoms in total. The number of aromatic nitrogens is 8. The van der Waals surface area contributed by atoms with Gasteiger partial charge in [0.15, 0.2) is 23.3 Å². The third kappa shape index (κ3) is 23.8. The van der Waals surface area contributed by atoms with Crippen molar-refractivity contribution in [3.63, 3.8) is 0 Å². The molecule has 0 fully saturated rings. The number of benzene rings is 2. The molecule has 428 valence electrons. The third-order valence-corrected chi connectivity index (χ3v) is 17.9. The maximum absolute atomic E-state index is 12.8. The SMILES string of the molecule is CC[C@@H](Cc1ncc(F)cn1)S(=O)(=O)NCc1ccc(OC)cc1.CC[C@@H](Cc1ncc(F)cn1)S(N)(=O)=O.CC[C@H](Cc1ncc(F)cn1)S(=O)(=O)NCc1ccc(OC)cc1.CC[C@H](Cc1ncc(F)cn1)S(N)(=O)=O. The molecule has 0 amide bonds. The molecule has 30 heteroatoms. The second kappa shape index (κ2) is 32.0. The number of primary sulfonamides is 2. The van der Waals surface area contributed by atoms with E-state index in [1.54, 1.807) is 90.4 Å². The van der Waals surface area contributed by atoms with Crippen molar-refractivity contribution in [3.8, 4) is 11.5 Å². The summed E-state index contributed by atoms with van der Waals surface area (Å²) in [5.41, 5.74) is 1.65. The summed E-state index contributed by atoms with van der Waals surface area (Å²) in [6.45, 7) is 7.35. The fourth-order valence-electron chi connectivity index (χ4n) is 6.62. The van der Waals surface area contributed by atoms with Gasteiger partial charge in [0.1, 0.15) is 34.8 Å². The Hall–Kier alpha value is -6.28. The molecule has 0 bridgehead atoms. The van der Waals surface area contributed by atoms with Crippen LogP contribution >= 0.6 is 0 Å². The summed E-state index contributed by atoms with van der Waals surface area (Å²) in [4.78, 5) is 30.0. The van der Waals surface area contributed by atoms with Crippen LogP contribution in [0.5, 0.6) is 11.5 Å². The summed E-state index contributed by atoms with van der Waals surface area (Å²) in [5, 5.41) is 7.22. The van der Waals surface area contributed by atoms with Crippen molar-refractivity contribution in [2.75, 3.05) is 14.2 Å². The lowest BCUT2D eigenvalue weighted by Gasteiger charge is -2.16. The second-order valence-electron chi connectivity index (χ2n) is 16.8. The van der Waals surface area contributed by atoms with Crippen molar-refractivity contribution in [1.82, 2.24) is 49.3 Å². The molecule has 0 saturated carbocycles. The normalized spacial score (nSPS) is 13.2. The molecule has 6 N–H and O–H groups in total. The predicted octanol–water partition coefficient (Wildman–Crippen LogP) is 4.58. The Labute approximate surface area is 453 Å². The first kappa shape index (κ1) is 66.0. The summed E-state index contributed by atoms with van der Waals surface area (Å²) < 4.78 is 160. The molecule has 6 rings (SSSR count). The topological polar surface area (TPSA) is 334 Å². The zero-order chi connectivity index (χ0) is 58.1. The van der Waals surface area contributed by atoms with Gasteiger partial charge in [-0.05, 0) is 61.1 Å². The monoisotopic (exact) mass is 1170 g/mol. The number of hydrogen-bond acceptors (Lipinski definition) is 18. The van der Waals surface area contributed by atoms with Crippen LogP contribution in [0.25, 0.3) is 0 Å². The van der Waals surface area contributed by atoms with Crippen LogP contribution in [0, 0.1) is 23.3 Å². The highest BCUT2D eigenvalue weighted by atomic mass is 32.2. The Bertz CT molecular complexity index is 2970. The first-order valence-corrected chi connectivity index (χ1v) is 30.2. The smallest absolute Gasteiger partial charge is 0.215 e. The lowest BCUT2D eigenvalue weighted by atomic mass is 10.2. The molecular formula is C48H64F4N12O10S4. The summed E-state index contributed by atoms with van der Waals surface area (Å²) >= 11 is 0. The molecule has 0 radical (unpaired) electrons. The van der Waals surface area contributed by atoms with E-state index >= 15 is 0 Å². The first-order valence-electron chi connectivity index (χ1n) is 23.9. The van der Waals surface area contributed by atoms with E-state index in [0.717, 1.165) is 60.7 Å². The summed E-state index contributed by atoms with van der Waals surface area (Å²) in [6, 6.07) is 14.3. The average Bonchev–Trinajstić information content (AvgIpc) is 3.42. The Morgan fingerprint density at radius 2 is 0.628 bits per heavy atom. The third-order valence-electron chi connectivity index (χ3n) is 11.2. The van der Waals surface area contributed by atoms with Crippen LogP contribution in [-0.4, -0.2) is 109 Å². The number of hydrogen-bond donors (Lipinski definition) is 4. The van der Waals surface area contributed by atoms with Gasteiger partial charge in [0.2, 0.25) is 40.1 Å². The highest BCUT2D eigenvalue weighted by molar-refractivity contribution is 7.90. The van der Waals surface area contributed by atoms with Crippen LogP contribution < -0.4 is 29.2 Å². The fourth-order valence-corrected chi connectivity index (χ4v) is 11.1. The number of halogens is 4. The average molecular weight is 1170 g/mol. The molecule has 0 spiro atoms. The van der Waals surface area contributed by atoms with E-state index < -0.39 is 84.4 Å². The van der Waals surface area contributed by atoms with Gasteiger partial charge in [-0.1, -0.05) is 52.0 Å². The molecule has 0 aliphatic rings. The molecular weight excluding hydrogens is 1110 g/mol. The van der Waals surface area contributed by atoms with Crippen molar-refractivity contribution < 1.29 is 60.7 Å². The zero-order valence-corrected chi connectivity index (χ0v) is 46.8. The highest BCUT2D eigenvalue weighted by Gasteiger charge is 2.27. The van der Waals surface area contributed by atoms with Gasteiger partial charge < -0.3 is 9.47 Å². The van der Waals surface area contributed by atoms with Gasteiger partial charge in [-0.15, -0.1) is 0 Å². The summed E-state index contributed by atoms with van der Waals surface area (Å²) in [5.74, 6) is 0.373. The number of nitrogens with zero attached hydrogens (tertiary/aromatic N) is 8. The molecule has 0 aliphatic heterocycles. The van der Waals surface area contributed by atoms with Crippen molar-refractivity contribution in [2.24, 2.45) is 10.3 Å². The standard InChI is InChI=1S/2C16H20FN3O3S.2C8H12FN3O2S/c2*1-3-15(8-16-18-10-13(17)11-19-16)24(21,22)20-9-12-4-6-14(23-2)7-5-12;2*1-2-7(15(10,13)14)3-8-11-4-6(9)5-12-8/h2*4-7,10-11,15,20H,3,8-9H2,1-2H3;2*4-5,7H,2-3H2,1H3,(H2,10,13,14)/t2*15-;2*7-/m1010/s1. The van der Waals surface area contributed by atoms with Gasteiger partial charge in [0, 0.05) is 38.8 Å². The highest BCUT2D eigenvalue weighted by Crippen LogP contribution is 2.17. The quantitative estimate of drug-likeness (QED) is 0.0603. The molecule has 0 saturated heterocycles. The molecule has 4 heterocycles. The lowest BCUT2D eigenvalue weighted by Crippen LogP contribution is -2.35. The Morgan fingerprint density at radius 1 is 0.410 bits per heavy atom. The second-order valence-corrected chi connectivity index (χ2v) is 24.6. The number of nitrogens with one attached hydrogen (secondary N) is 2. The molecule has 0 aliphatic carbocycles. The number of ether oxygens (including phenoxy) is 2. The van der Waals surface area contributed by atoms with Gasteiger partial charge in [-0.25, -0.2) is 111 Å². The van der Waals surface area contributed by atoms with Crippen LogP contribution in [0.2, 0.25) is 0 Å². The van der Waals surface area contributed by atoms with Gasteiger partial charge in [-0.2, -0.15) is 0 Å². The van der Waals surface area contributed by atoms with E-state index in [1.807, 2.05) is 0 Å². The van der Waals surface area contributed by atoms with Gasteiger partial charge in [0.05, 0.1) is 84.8 Å². The van der Waals surface area contributed by atoms with Crippen molar-refractivity contribution in [1.29, 1.82) is 0 Å². The molecule has 78 heavy (non-hydrogen) atoms. The zero-order valence-electron chi connectivity index (χ0n) is 43.6. The number of rotatable bonds is 24. The number of nitrogens with two attached hydrogens (primary N) is 2. The van der Waals surface area contributed by atoms with Crippen LogP contribution in [-0.2, 0) is 78.9 Å². The first-order chi connectivity index (χ1) is 36.7.